The Morgan fingerprint density at radius 3 is 2.41 bits per heavy atom. The molecule has 1 rings (SSSR count). The molecule has 0 aliphatic heterocycles. The molecule has 1 atom stereocenters. The first-order chi connectivity index (χ1) is 13.9. The van der Waals surface area contributed by atoms with E-state index >= 15 is 0 Å². The zero-order valence-electron chi connectivity index (χ0n) is 17.2. The van der Waals surface area contributed by atoms with Gasteiger partial charge < -0.3 is 24.8 Å². The Bertz CT molecular complexity index is 671. The van der Waals surface area contributed by atoms with Crippen LogP contribution >= 0.6 is 0 Å². The first-order valence-corrected chi connectivity index (χ1v) is 9.51. The molecule has 0 aliphatic carbocycles. The molecule has 0 radical (unpaired) electrons. The maximum absolute atomic E-state index is 12.0. The first kappa shape index (κ1) is 24.0. The predicted molar refractivity (Wildman–Crippen MR) is 108 cm³/mol. The van der Waals surface area contributed by atoms with Gasteiger partial charge in [0, 0.05) is 6.54 Å². The third-order valence-electron chi connectivity index (χ3n) is 3.89. The van der Waals surface area contributed by atoms with Gasteiger partial charge in [-0.25, -0.2) is 14.4 Å². The number of amides is 2. The minimum Gasteiger partial charge on any atom is -0.467 e. The number of benzene rings is 1. The summed E-state index contributed by atoms with van der Waals surface area (Å²) in [4.78, 5) is 35.3. The number of carbonyl (C=O) groups excluding carboxylic acids is 3. The molecular weight excluding hydrogens is 376 g/mol. The Morgan fingerprint density at radius 2 is 1.76 bits per heavy atom. The first-order valence-electron chi connectivity index (χ1n) is 9.51. The number of rotatable bonds is 11. The Kier molecular flexibility index (Phi) is 11.6. The summed E-state index contributed by atoms with van der Waals surface area (Å²) in [5, 5.41) is 5.16. The summed E-state index contributed by atoms with van der Waals surface area (Å²) in [6, 6.07) is 8.42. The van der Waals surface area contributed by atoms with Crippen molar-refractivity contribution in [3.63, 3.8) is 0 Å². The summed E-state index contributed by atoms with van der Waals surface area (Å²) in [7, 11) is 1.26. The zero-order valence-corrected chi connectivity index (χ0v) is 17.2. The second kappa shape index (κ2) is 14.0. The fourth-order valence-corrected chi connectivity index (χ4v) is 2.30. The summed E-state index contributed by atoms with van der Waals surface area (Å²) in [5.41, 5.74) is 1.92. The van der Waals surface area contributed by atoms with Gasteiger partial charge in [-0.2, -0.15) is 0 Å². The van der Waals surface area contributed by atoms with Gasteiger partial charge in [0.2, 0.25) is 0 Å². The van der Waals surface area contributed by atoms with Crippen LogP contribution in [0, 0.1) is 0 Å². The van der Waals surface area contributed by atoms with Gasteiger partial charge in [0.1, 0.15) is 19.3 Å². The van der Waals surface area contributed by atoms with Gasteiger partial charge >= 0.3 is 18.2 Å². The Labute approximate surface area is 171 Å². The average molecular weight is 406 g/mol. The molecule has 2 amide bonds. The smallest absolute Gasteiger partial charge is 0.408 e. The molecule has 0 unspecified atom stereocenters. The zero-order chi connectivity index (χ0) is 21.5. The average Bonchev–Trinajstić information content (AvgIpc) is 2.71. The summed E-state index contributed by atoms with van der Waals surface area (Å²) in [5.74, 6) is -0.546. The lowest BCUT2D eigenvalue weighted by Gasteiger charge is -2.16. The van der Waals surface area contributed by atoms with E-state index in [4.69, 9.17) is 14.2 Å². The summed E-state index contributed by atoms with van der Waals surface area (Å²) < 4.78 is 14.8. The number of allylic oxidation sites excluding steroid dienone is 1. The van der Waals surface area contributed by atoms with Crippen molar-refractivity contribution in [2.24, 2.45) is 0 Å². The molecule has 2 N–H and O–H groups in total. The largest absolute Gasteiger partial charge is 0.467 e. The van der Waals surface area contributed by atoms with Crippen LogP contribution in [-0.2, 0) is 25.6 Å². The maximum atomic E-state index is 12.0. The van der Waals surface area contributed by atoms with E-state index in [1.54, 1.807) is 0 Å². The molecular formula is C21H30N2O6. The van der Waals surface area contributed by atoms with Gasteiger partial charge in [0.05, 0.1) is 7.11 Å². The Balaban J connectivity index is 2.29. The fourth-order valence-electron chi connectivity index (χ4n) is 2.30. The van der Waals surface area contributed by atoms with E-state index in [1.807, 2.05) is 50.3 Å². The van der Waals surface area contributed by atoms with Crippen LogP contribution in [0.1, 0.15) is 38.7 Å². The van der Waals surface area contributed by atoms with Crippen molar-refractivity contribution in [1.29, 1.82) is 0 Å². The van der Waals surface area contributed by atoms with Crippen molar-refractivity contribution in [3.8, 4) is 0 Å². The molecule has 1 aromatic carbocycles. The van der Waals surface area contributed by atoms with Crippen LogP contribution in [0.4, 0.5) is 9.59 Å². The third kappa shape index (κ3) is 11.4. The van der Waals surface area contributed by atoms with Crippen LogP contribution in [0.25, 0.3) is 0 Å². The standard InChI is InChI=1S/C21H30N2O6/c1-16(2)12-14-28-20(25)22-13-8-7-11-18(19(24)27-3)23-21(26)29-15-17-9-5-4-6-10-17/h4-6,9-10,12,18H,7-8,11,13-15H2,1-3H3,(H,22,25)(H,23,26)/t18-/m1/s1. The molecule has 0 saturated heterocycles. The van der Waals surface area contributed by atoms with Crippen molar-refractivity contribution < 1.29 is 28.6 Å². The van der Waals surface area contributed by atoms with E-state index in [0.29, 0.717) is 25.8 Å². The summed E-state index contributed by atoms with van der Waals surface area (Å²) in [6.07, 6.45) is 2.20. The Hall–Kier alpha value is -3.03. The van der Waals surface area contributed by atoms with Gasteiger partial charge in [-0.3, -0.25) is 0 Å². The van der Waals surface area contributed by atoms with Gasteiger partial charge in [0.25, 0.3) is 0 Å². The second-order valence-electron chi connectivity index (χ2n) is 6.58. The quantitative estimate of drug-likeness (QED) is 0.253. The molecule has 0 saturated carbocycles. The molecule has 0 fully saturated rings. The van der Waals surface area contributed by atoms with E-state index in [-0.39, 0.29) is 13.2 Å². The van der Waals surface area contributed by atoms with Crippen molar-refractivity contribution in [1.82, 2.24) is 10.6 Å². The number of ether oxygens (including phenoxy) is 3. The highest BCUT2D eigenvalue weighted by Gasteiger charge is 2.21. The van der Waals surface area contributed by atoms with Crippen molar-refractivity contribution in [3.05, 3.63) is 47.5 Å². The van der Waals surface area contributed by atoms with Crippen LogP contribution in [0.3, 0.4) is 0 Å². The van der Waals surface area contributed by atoms with Gasteiger partial charge in [-0.15, -0.1) is 0 Å². The van der Waals surface area contributed by atoms with E-state index in [1.165, 1.54) is 7.11 Å². The molecule has 160 valence electrons. The monoisotopic (exact) mass is 406 g/mol. The van der Waals surface area contributed by atoms with Crippen LogP contribution < -0.4 is 10.6 Å². The normalized spacial score (nSPS) is 11.0. The maximum Gasteiger partial charge on any atom is 0.408 e. The SMILES string of the molecule is COC(=O)[C@@H](CCCCNC(=O)OCC=C(C)C)NC(=O)OCc1ccccc1. The second-order valence-corrected chi connectivity index (χ2v) is 6.58. The van der Waals surface area contributed by atoms with Crippen LogP contribution in [0.15, 0.2) is 42.0 Å². The molecule has 0 bridgehead atoms. The minimum atomic E-state index is -0.812. The molecule has 0 heterocycles. The summed E-state index contributed by atoms with van der Waals surface area (Å²) in [6.45, 7) is 4.59. The van der Waals surface area contributed by atoms with E-state index in [9.17, 15) is 14.4 Å². The lowest BCUT2D eigenvalue weighted by Crippen LogP contribution is -2.41. The number of unbranched alkanes of at least 4 members (excludes halogenated alkanes) is 1. The number of hydrogen-bond acceptors (Lipinski definition) is 6. The Morgan fingerprint density at radius 1 is 1.03 bits per heavy atom. The minimum absolute atomic E-state index is 0.110. The van der Waals surface area contributed by atoms with Crippen LogP contribution in [0.2, 0.25) is 0 Å². The highest BCUT2D eigenvalue weighted by atomic mass is 16.6. The molecule has 8 heteroatoms. The summed E-state index contributed by atoms with van der Waals surface area (Å²) >= 11 is 0. The molecule has 0 aliphatic rings. The number of nitrogens with one attached hydrogen (secondary N) is 2. The molecule has 8 nitrogen and oxygen atoms in total. The topological polar surface area (TPSA) is 103 Å². The highest BCUT2D eigenvalue weighted by Crippen LogP contribution is 2.05. The number of esters is 1. The van der Waals surface area contributed by atoms with Crippen molar-refractivity contribution in [2.75, 3.05) is 20.3 Å². The van der Waals surface area contributed by atoms with Crippen LogP contribution in [-0.4, -0.2) is 44.5 Å². The molecule has 0 aromatic heterocycles. The van der Waals surface area contributed by atoms with Crippen molar-refractivity contribution in [2.45, 2.75) is 45.8 Å². The van der Waals surface area contributed by atoms with Gasteiger partial charge in [-0.1, -0.05) is 35.9 Å². The van der Waals surface area contributed by atoms with E-state index < -0.39 is 24.2 Å². The number of hydrogen-bond donors (Lipinski definition) is 2. The lowest BCUT2D eigenvalue weighted by molar-refractivity contribution is -0.143. The molecule has 0 spiro atoms. The number of methoxy groups -OCH3 is 1. The highest BCUT2D eigenvalue weighted by molar-refractivity contribution is 5.81. The number of alkyl carbamates (subject to hydrolysis) is 2. The van der Waals surface area contributed by atoms with Gasteiger partial charge in [0.15, 0.2) is 0 Å². The molecule has 29 heavy (non-hydrogen) atoms. The molecule has 1 aromatic rings. The lowest BCUT2D eigenvalue weighted by atomic mass is 10.1. The van der Waals surface area contributed by atoms with Crippen LogP contribution in [0.5, 0.6) is 0 Å². The fraction of sp³-hybridized carbons (Fsp3) is 0.476. The predicted octanol–water partition coefficient (Wildman–Crippen LogP) is 3.32. The van der Waals surface area contributed by atoms with Gasteiger partial charge in [-0.05, 0) is 44.7 Å². The van der Waals surface area contributed by atoms with E-state index in [2.05, 4.69) is 10.6 Å². The number of carbonyl (C=O) groups is 3. The van der Waals surface area contributed by atoms with E-state index in [0.717, 1.165) is 11.1 Å². The third-order valence-corrected chi connectivity index (χ3v) is 3.89. The van der Waals surface area contributed by atoms with Crippen molar-refractivity contribution >= 4 is 18.2 Å².